The summed E-state index contributed by atoms with van der Waals surface area (Å²) in [7, 11) is 0. The first-order valence-electron chi connectivity index (χ1n) is 2.35. The Morgan fingerprint density at radius 2 is 1.25 bits per heavy atom. The van der Waals surface area contributed by atoms with E-state index in [0.29, 0.717) is 0 Å². The Hall–Kier alpha value is 1.42. The first kappa shape index (κ1) is 9.42. The van der Waals surface area contributed by atoms with Crippen molar-refractivity contribution in [2.24, 2.45) is 5.41 Å². The van der Waals surface area contributed by atoms with Gasteiger partial charge in [-0.1, -0.05) is 20.8 Å². The quantitative estimate of drug-likeness (QED) is 0.531. The third kappa shape index (κ3) is 2.82. The normalized spacial score (nSPS) is 14.2. The zero-order chi connectivity index (χ0) is 7.00. The molecule has 0 aliphatic heterocycles. The molecule has 0 saturated heterocycles. The van der Waals surface area contributed by atoms with Gasteiger partial charge >= 0.3 is 0 Å². The van der Waals surface area contributed by atoms with Crippen molar-refractivity contribution in [3.8, 4) is 0 Å². The van der Waals surface area contributed by atoms with Crippen LogP contribution < -0.4 is 0 Å². The summed E-state index contributed by atoms with van der Waals surface area (Å²) in [6, 6.07) is 0. The molecule has 1 N–H and O–H groups in total. The van der Waals surface area contributed by atoms with Crippen LogP contribution in [0.5, 0.6) is 0 Å². The summed E-state index contributed by atoms with van der Waals surface area (Å²) < 4.78 is -0.622. The molecule has 50 valence electrons. The van der Waals surface area contributed by atoms with Crippen molar-refractivity contribution in [2.45, 2.75) is 22.4 Å². The lowest BCUT2D eigenvalue weighted by Gasteiger charge is -2.29. The minimum absolute atomic E-state index is 0.0336. The lowest BCUT2D eigenvalue weighted by molar-refractivity contribution is 0.142. The van der Waals surface area contributed by atoms with Gasteiger partial charge in [-0.2, -0.15) is 0 Å². The molecular formula is C5H10I2O. The Morgan fingerprint density at radius 1 is 1.12 bits per heavy atom. The number of hydrogen-bond donors (Lipinski definition) is 1. The molecule has 0 aromatic carbocycles. The van der Waals surface area contributed by atoms with Crippen molar-refractivity contribution < 1.29 is 5.11 Å². The van der Waals surface area contributed by atoms with Gasteiger partial charge in [-0.3, -0.25) is 0 Å². The SMILES string of the molecule is CC(C)(C)C(O)(I)I. The molecule has 0 saturated carbocycles. The van der Waals surface area contributed by atoms with Gasteiger partial charge in [-0.05, 0) is 45.2 Å². The van der Waals surface area contributed by atoms with Crippen LogP contribution in [0.2, 0.25) is 0 Å². The molecule has 0 aromatic heterocycles. The third-order valence-electron chi connectivity index (χ3n) is 0.902. The van der Waals surface area contributed by atoms with Crippen molar-refractivity contribution in [3.05, 3.63) is 0 Å². The third-order valence-corrected chi connectivity index (χ3v) is 4.14. The van der Waals surface area contributed by atoms with Crippen LogP contribution in [0.1, 0.15) is 20.8 Å². The van der Waals surface area contributed by atoms with Crippen LogP contribution in [0.3, 0.4) is 0 Å². The lowest BCUT2D eigenvalue weighted by Crippen LogP contribution is -2.29. The zero-order valence-corrected chi connectivity index (χ0v) is 9.52. The summed E-state index contributed by atoms with van der Waals surface area (Å²) in [5.74, 6) is 0. The molecule has 0 aromatic rings. The molecule has 8 heavy (non-hydrogen) atoms. The molecule has 0 rings (SSSR count). The van der Waals surface area contributed by atoms with Gasteiger partial charge in [0.25, 0.3) is 0 Å². The highest BCUT2D eigenvalue weighted by molar-refractivity contribution is 14.2. The van der Waals surface area contributed by atoms with Crippen molar-refractivity contribution in [1.29, 1.82) is 0 Å². The average molecular weight is 340 g/mol. The minimum Gasteiger partial charge on any atom is -0.370 e. The topological polar surface area (TPSA) is 20.2 Å². The highest BCUT2D eigenvalue weighted by Crippen LogP contribution is 2.41. The number of alkyl halides is 2. The standard InChI is InChI=1S/C5H10I2O/c1-4(2,3)5(6,7)8/h8H,1-3H3. The van der Waals surface area contributed by atoms with E-state index in [1.54, 1.807) is 0 Å². The predicted octanol–water partition coefficient (Wildman–Crippen LogP) is 2.55. The number of aliphatic hydroxyl groups is 1. The van der Waals surface area contributed by atoms with Gasteiger partial charge in [0.05, 0.1) is 0 Å². The number of hydrogen-bond acceptors (Lipinski definition) is 1. The van der Waals surface area contributed by atoms with Crippen molar-refractivity contribution in [2.75, 3.05) is 0 Å². The molecule has 0 bridgehead atoms. The molecular weight excluding hydrogens is 330 g/mol. The monoisotopic (exact) mass is 340 g/mol. The van der Waals surface area contributed by atoms with E-state index in [1.165, 1.54) is 0 Å². The van der Waals surface area contributed by atoms with Crippen LogP contribution in [-0.2, 0) is 0 Å². The molecule has 1 nitrogen and oxygen atoms in total. The molecule has 0 radical (unpaired) electrons. The van der Waals surface area contributed by atoms with Gasteiger partial charge in [0.15, 0.2) is 1.61 Å². The van der Waals surface area contributed by atoms with E-state index in [-0.39, 0.29) is 5.41 Å². The summed E-state index contributed by atoms with van der Waals surface area (Å²) in [6.45, 7) is 6.02. The Kier molecular flexibility index (Phi) is 3.03. The predicted molar refractivity (Wildman–Crippen MR) is 52.4 cm³/mol. The maximum absolute atomic E-state index is 9.33. The van der Waals surface area contributed by atoms with Gasteiger partial charge < -0.3 is 5.11 Å². The lowest BCUT2D eigenvalue weighted by atomic mass is 9.99. The first-order valence-corrected chi connectivity index (χ1v) is 4.51. The number of halogens is 2. The molecule has 0 heterocycles. The van der Waals surface area contributed by atoms with E-state index >= 15 is 0 Å². The molecule has 0 amide bonds. The second-order valence-corrected chi connectivity index (χ2v) is 7.98. The highest BCUT2D eigenvalue weighted by Gasteiger charge is 2.33. The summed E-state index contributed by atoms with van der Waals surface area (Å²) in [6.07, 6.45) is 0. The van der Waals surface area contributed by atoms with Gasteiger partial charge in [0, 0.05) is 5.41 Å². The molecule has 0 fully saturated rings. The molecule has 0 aliphatic carbocycles. The Balaban J connectivity index is 4.02. The Labute approximate surface area is 77.5 Å². The minimum atomic E-state index is -0.622. The van der Waals surface area contributed by atoms with E-state index in [4.69, 9.17) is 0 Å². The van der Waals surface area contributed by atoms with Gasteiger partial charge in [-0.15, -0.1) is 0 Å². The van der Waals surface area contributed by atoms with Crippen LogP contribution in [-0.4, -0.2) is 6.72 Å². The van der Waals surface area contributed by atoms with Gasteiger partial charge in [0.1, 0.15) is 0 Å². The second-order valence-electron chi connectivity index (χ2n) is 2.79. The summed E-state index contributed by atoms with van der Waals surface area (Å²) in [4.78, 5) is 0. The maximum atomic E-state index is 9.33. The fourth-order valence-electron chi connectivity index (χ4n) is 0. The fourth-order valence-corrected chi connectivity index (χ4v) is 0. The van der Waals surface area contributed by atoms with Crippen LogP contribution in [0.15, 0.2) is 0 Å². The van der Waals surface area contributed by atoms with Crippen LogP contribution in [0.4, 0.5) is 0 Å². The summed E-state index contributed by atoms with van der Waals surface area (Å²) in [5, 5.41) is 9.33. The Morgan fingerprint density at radius 3 is 1.25 bits per heavy atom. The molecule has 0 unspecified atom stereocenters. The van der Waals surface area contributed by atoms with E-state index in [9.17, 15) is 5.11 Å². The van der Waals surface area contributed by atoms with Crippen molar-refractivity contribution in [3.63, 3.8) is 0 Å². The van der Waals surface area contributed by atoms with Crippen LogP contribution >= 0.6 is 45.2 Å². The summed E-state index contributed by atoms with van der Waals surface area (Å²) >= 11 is 4.05. The van der Waals surface area contributed by atoms with E-state index in [1.807, 2.05) is 66.0 Å². The van der Waals surface area contributed by atoms with E-state index in [0.717, 1.165) is 0 Å². The van der Waals surface area contributed by atoms with Gasteiger partial charge in [0.2, 0.25) is 0 Å². The summed E-state index contributed by atoms with van der Waals surface area (Å²) in [5.41, 5.74) is -0.0336. The van der Waals surface area contributed by atoms with Crippen LogP contribution in [0, 0.1) is 5.41 Å². The smallest absolute Gasteiger partial charge is 0.171 e. The number of rotatable bonds is 0. The van der Waals surface area contributed by atoms with Crippen LogP contribution in [0.25, 0.3) is 0 Å². The van der Waals surface area contributed by atoms with E-state index in [2.05, 4.69) is 0 Å². The van der Waals surface area contributed by atoms with Crippen molar-refractivity contribution >= 4 is 45.2 Å². The largest absolute Gasteiger partial charge is 0.370 e. The Bertz CT molecular complexity index is 65.4. The van der Waals surface area contributed by atoms with E-state index < -0.39 is 1.61 Å². The molecule has 0 atom stereocenters. The fraction of sp³-hybridized carbons (Fsp3) is 1.00. The molecule has 0 spiro atoms. The molecule has 0 aliphatic rings. The van der Waals surface area contributed by atoms with Crippen molar-refractivity contribution in [1.82, 2.24) is 0 Å². The zero-order valence-electron chi connectivity index (χ0n) is 5.20. The maximum Gasteiger partial charge on any atom is 0.171 e. The molecule has 3 heteroatoms. The van der Waals surface area contributed by atoms with Gasteiger partial charge in [-0.25, -0.2) is 0 Å². The average Bonchev–Trinajstić information content (AvgIpc) is 1.25. The highest BCUT2D eigenvalue weighted by atomic mass is 127. The first-order chi connectivity index (χ1) is 3.25. The second kappa shape index (κ2) is 2.57.